The van der Waals surface area contributed by atoms with E-state index in [0.29, 0.717) is 5.69 Å². The van der Waals surface area contributed by atoms with Crippen LogP contribution >= 0.6 is 0 Å². The summed E-state index contributed by atoms with van der Waals surface area (Å²) in [6.07, 6.45) is 0. The minimum Gasteiger partial charge on any atom is -0.462 e. The second kappa shape index (κ2) is 11.3. The molecule has 1 amide bonds. The molecule has 0 saturated carbocycles. The average Bonchev–Trinajstić information content (AvgIpc) is 2.87. The van der Waals surface area contributed by atoms with Crippen LogP contribution in [-0.4, -0.2) is 46.5 Å². The van der Waals surface area contributed by atoms with Gasteiger partial charge >= 0.3 is 11.9 Å². The van der Waals surface area contributed by atoms with Gasteiger partial charge in [-0.15, -0.1) is 0 Å². The zero-order chi connectivity index (χ0) is 25.4. The lowest BCUT2D eigenvalue weighted by Crippen LogP contribution is -2.27. The second-order valence-corrected chi connectivity index (χ2v) is 9.20. The molecule has 0 bridgehead atoms. The number of hydrogen-bond acceptors (Lipinski definition) is 7. The number of carbonyl (C=O) groups excluding carboxylic acids is 3. The van der Waals surface area contributed by atoms with Gasteiger partial charge in [-0.05, 0) is 49.4 Å². The first-order valence-corrected chi connectivity index (χ1v) is 12.0. The summed E-state index contributed by atoms with van der Waals surface area (Å²) in [6.45, 7) is 1.20. The fourth-order valence-electron chi connectivity index (χ4n) is 3.10. The molecule has 1 N–H and O–H groups in total. The lowest BCUT2D eigenvalue weighted by Gasteiger charge is -2.19. The maximum absolute atomic E-state index is 13.0. The Hall–Kier alpha value is -4.18. The molecule has 3 aromatic carbocycles. The van der Waals surface area contributed by atoms with Gasteiger partial charge < -0.3 is 14.8 Å². The van der Waals surface area contributed by atoms with Gasteiger partial charge in [0.15, 0.2) is 6.61 Å². The highest BCUT2D eigenvalue weighted by Crippen LogP contribution is 2.22. The smallest absolute Gasteiger partial charge is 0.340 e. The number of hydrogen-bond donors (Lipinski definition) is 1. The van der Waals surface area contributed by atoms with Crippen LogP contribution in [0.4, 0.5) is 11.4 Å². The molecule has 0 aliphatic rings. The predicted molar refractivity (Wildman–Crippen MR) is 130 cm³/mol. The van der Waals surface area contributed by atoms with Crippen LogP contribution < -0.4 is 9.62 Å². The number of sulfonamides is 1. The van der Waals surface area contributed by atoms with Crippen LogP contribution in [-0.2, 0) is 24.3 Å². The van der Waals surface area contributed by atoms with E-state index in [4.69, 9.17) is 9.47 Å². The number of ether oxygens (including phenoxy) is 2. The van der Waals surface area contributed by atoms with Gasteiger partial charge in [-0.2, -0.15) is 0 Å². The summed E-state index contributed by atoms with van der Waals surface area (Å²) < 4.78 is 37.1. The minimum atomic E-state index is -3.94. The molecule has 0 heterocycles. The highest BCUT2D eigenvalue weighted by atomic mass is 32.2. The Bertz CT molecular complexity index is 1320. The summed E-state index contributed by atoms with van der Waals surface area (Å²) in [5.74, 6) is -2.15. The van der Waals surface area contributed by atoms with E-state index in [9.17, 15) is 22.8 Å². The summed E-state index contributed by atoms with van der Waals surface area (Å²) >= 11 is 0. The van der Waals surface area contributed by atoms with Crippen LogP contribution in [0, 0.1) is 0 Å². The van der Waals surface area contributed by atoms with Gasteiger partial charge in [0, 0.05) is 7.05 Å². The van der Waals surface area contributed by atoms with E-state index >= 15 is 0 Å². The number of nitrogens with one attached hydrogen (secondary N) is 1. The molecule has 0 aromatic heterocycles. The lowest BCUT2D eigenvalue weighted by atomic mass is 10.2. The quantitative estimate of drug-likeness (QED) is 0.451. The molecule has 182 valence electrons. The number of esters is 2. The molecular formula is C25H24N2O7S. The van der Waals surface area contributed by atoms with Crippen molar-refractivity contribution in [1.82, 2.24) is 0 Å². The standard InChI is InChI=1S/C25H24N2O7S/c1-3-33-25(30)21-14-7-8-15-22(21)26-23(28)17-34-24(29)18-10-9-13-20(16-18)35(31,32)27(2)19-11-5-4-6-12-19/h4-16H,3,17H2,1-2H3,(H,26,28). The first-order valence-electron chi connectivity index (χ1n) is 10.6. The highest BCUT2D eigenvalue weighted by molar-refractivity contribution is 7.92. The van der Waals surface area contributed by atoms with Gasteiger partial charge in [0.2, 0.25) is 0 Å². The Labute approximate surface area is 203 Å². The molecule has 10 heteroatoms. The zero-order valence-electron chi connectivity index (χ0n) is 19.1. The van der Waals surface area contributed by atoms with Crippen molar-refractivity contribution in [3.63, 3.8) is 0 Å². The third kappa shape index (κ3) is 6.24. The van der Waals surface area contributed by atoms with Crippen molar-refractivity contribution in [1.29, 1.82) is 0 Å². The van der Waals surface area contributed by atoms with Gasteiger partial charge in [0.05, 0.1) is 34.0 Å². The summed E-state index contributed by atoms with van der Waals surface area (Å²) in [5.41, 5.74) is 0.797. The predicted octanol–water partition coefficient (Wildman–Crippen LogP) is 3.48. The van der Waals surface area contributed by atoms with Crippen LogP contribution in [0.25, 0.3) is 0 Å². The Morgan fingerprint density at radius 3 is 2.26 bits per heavy atom. The van der Waals surface area contributed by atoms with Crippen LogP contribution in [0.15, 0.2) is 83.8 Å². The lowest BCUT2D eigenvalue weighted by molar-refractivity contribution is -0.119. The largest absolute Gasteiger partial charge is 0.462 e. The molecule has 0 aliphatic heterocycles. The van der Waals surface area contributed by atoms with E-state index in [1.165, 1.54) is 43.4 Å². The summed E-state index contributed by atoms with van der Waals surface area (Å²) in [5, 5.41) is 2.51. The van der Waals surface area contributed by atoms with E-state index < -0.39 is 34.5 Å². The van der Waals surface area contributed by atoms with E-state index in [2.05, 4.69) is 5.32 Å². The van der Waals surface area contributed by atoms with Crippen molar-refractivity contribution in [3.05, 3.63) is 90.0 Å². The number of para-hydroxylation sites is 2. The third-order valence-electron chi connectivity index (χ3n) is 4.88. The fourth-order valence-corrected chi connectivity index (χ4v) is 4.34. The number of anilines is 2. The van der Waals surface area contributed by atoms with Crippen LogP contribution in [0.3, 0.4) is 0 Å². The maximum Gasteiger partial charge on any atom is 0.340 e. The van der Waals surface area contributed by atoms with Crippen LogP contribution in [0.5, 0.6) is 0 Å². The number of nitrogens with zero attached hydrogens (tertiary/aromatic N) is 1. The third-order valence-corrected chi connectivity index (χ3v) is 6.66. The molecule has 0 fully saturated rings. The minimum absolute atomic E-state index is 0.0349. The molecule has 35 heavy (non-hydrogen) atoms. The Morgan fingerprint density at radius 1 is 0.857 bits per heavy atom. The summed E-state index contributed by atoms with van der Waals surface area (Å²) in [4.78, 5) is 36.7. The first kappa shape index (κ1) is 25.4. The Morgan fingerprint density at radius 2 is 1.54 bits per heavy atom. The molecule has 0 unspecified atom stereocenters. The van der Waals surface area contributed by atoms with Gasteiger partial charge in [-0.1, -0.05) is 36.4 Å². The Kier molecular flexibility index (Phi) is 8.21. The molecular weight excluding hydrogens is 472 g/mol. The van der Waals surface area contributed by atoms with Crippen molar-refractivity contribution in [2.24, 2.45) is 0 Å². The first-order chi connectivity index (χ1) is 16.7. The molecule has 3 aromatic rings. The molecule has 9 nitrogen and oxygen atoms in total. The van der Waals surface area contributed by atoms with E-state index in [-0.39, 0.29) is 28.3 Å². The van der Waals surface area contributed by atoms with Crippen molar-refractivity contribution in [2.75, 3.05) is 29.9 Å². The SMILES string of the molecule is CCOC(=O)c1ccccc1NC(=O)COC(=O)c1cccc(S(=O)(=O)N(C)c2ccccc2)c1. The van der Waals surface area contributed by atoms with E-state index in [1.54, 1.807) is 49.4 Å². The van der Waals surface area contributed by atoms with Gasteiger partial charge in [-0.25, -0.2) is 18.0 Å². The van der Waals surface area contributed by atoms with E-state index in [1.807, 2.05) is 0 Å². The molecule has 0 radical (unpaired) electrons. The second-order valence-electron chi connectivity index (χ2n) is 7.23. The van der Waals surface area contributed by atoms with Gasteiger partial charge in [0.25, 0.3) is 15.9 Å². The average molecular weight is 497 g/mol. The normalized spacial score (nSPS) is 10.8. The number of carbonyl (C=O) groups is 3. The molecule has 3 rings (SSSR count). The van der Waals surface area contributed by atoms with Crippen molar-refractivity contribution >= 4 is 39.2 Å². The highest BCUT2D eigenvalue weighted by Gasteiger charge is 2.23. The molecule has 0 saturated heterocycles. The van der Waals surface area contributed by atoms with Crippen molar-refractivity contribution in [3.8, 4) is 0 Å². The number of amides is 1. The number of rotatable bonds is 9. The van der Waals surface area contributed by atoms with Crippen molar-refractivity contribution in [2.45, 2.75) is 11.8 Å². The molecule has 0 atom stereocenters. The zero-order valence-corrected chi connectivity index (χ0v) is 19.9. The van der Waals surface area contributed by atoms with E-state index in [0.717, 1.165) is 4.31 Å². The van der Waals surface area contributed by atoms with Gasteiger partial charge in [0.1, 0.15) is 0 Å². The monoisotopic (exact) mass is 496 g/mol. The maximum atomic E-state index is 13.0. The fraction of sp³-hybridized carbons (Fsp3) is 0.160. The topological polar surface area (TPSA) is 119 Å². The summed E-state index contributed by atoms with van der Waals surface area (Å²) in [7, 11) is -2.52. The van der Waals surface area contributed by atoms with Crippen LogP contribution in [0.1, 0.15) is 27.6 Å². The Balaban J connectivity index is 1.67. The molecule has 0 aliphatic carbocycles. The molecule has 0 spiro atoms. The van der Waals surface area contributed by atoms with Crippen LogP contribution in [0.2, 0.25) is 0 Å². The number of benzene rings is 3. The summed E-state index contributed by atoms with van der Waals surface area (Å²) in [6, 6.07) is 20.1. The van der Waals surface area contributed by atoms with Gasteiger partial charge in [-0.3, -0.25) is 9.10 Å². The van der Waals surface area contributed by atoms with Crippen molar-refractivity contribution < 1.29 is 32.3 Å².